The van der Waals surface area contributed by atoms with E-state index < -0.39 is 17.0 Å². The molecule has 2 bridgehead atoms. The third kappa shape index (κ3) is 3.55. The molecule has 0 amide bonds. The Morgan fingerprint density at radius 1 is 1.17 bits per heavy atom. The van der Waals surface area contributed by atoms with Gasteiger partial charge in [-0.3, -0.25) is 9.47 Å². The molecule has 3 aliphatic heterocycles. The minimum absolute atomic E-state index is 0.0168. The maximum Gasteiger partial charge on any atom is 0.350 e. The SMILES string of the molecule is CN1CC2CC1(C#Cc1cccc3c1COCCN3c1nc(=O)n(C(C)(C)C)c3cccc(F)c13)C2. The molecule has 0 unspecified atom stereocenters. The quantitative estimate of drug-likeness (QED) is 0.477. The van der Waals surface area contributed by atoms with Crippen molar-refractivity contribution in [3.63, 3.8) is 0 Å². The third-order valence-electron chi connectivity index (χ3n) is 7.87. The molecule has 2 saturated heterocycles. The smallest absolute Gasteiger partial charge is 0.350 e. The molecule has 1 saturated carbocycles. The highest BCUT2D eigenvalue weighted by atomic mass is 19.1. The van der Waals surface area contributed by atoms with Crippen LogP contribution in [-0.2, 0) is 16.9 Å². The molecule has 1 aliphatic carbocycles. The van der Waals surface area contributed by atoms with Crippen molar-refractivity contribution < 1.29 is 9.13 Å². The molecule has 0 radical (unpaired) electrons. The van der Waals surface area contributed by atoms with Crippen LogP contribution in [0.2, 0.25) is 0 Å². The minimum Gasteiger partial charge on any atom is -0.375 e. The number of aromatic nitrogens is 2. The van der Waals surface area contributed by atoms with E-state index in [0.717, 1.165) is 42.1 Å². The Bertz CT molecular complexity index is 1490. The van der Waals surface area contributed by atoms with E-state index in [0.29, 0.717) is 36.5 Å². The average molecular weight is 487 g/mol. The van der Waals surface area contributed by atoms with Gasteiger partial charge in [-0.1, -0.05) is 24.0 Å². The second-order valence-electron chi connectivity index (χ2n) is 11.3. The Morgan fingerprint density at radius 2 is 1.94 bits per heavy atom. The highest BCUT2D eigenvalue weighted by Gasteiger charge is 2.53. The number of fused-ring (bicyclic) bond motifs is 3. The Balaban J connectivity index is 1.52. The second kappa shape index (κ2) is 8.16. The van der Waals surface area contributed by atoms with Crippen molar-refractivity contribution in [1.82, 2.24) is 14.5 Å². The lowest BCUT2D eigenvalue weighted by Crippen LogP contribution is -2.42. The summed E-state index contributed by atoms with van der Waals surface area (Å²) in [5, 5.41) is 0.336. The molecule has 6 nitrogen and oxygen atoms in total. The zero-order chi connectivity index (χ0) is 25.2. The van der Waals surface area contributed by atoms with Gasteiger partial charge in [0, 0.05) is 35.4 Å². The molecule has 0 spiro atoms. The molecule has 4 aliphatic rings. The van der Waals surface area contributed by atoms with Crippen molar-refractivity contribution >= 4 is 22.4 Å². The molecule has 36 heavy (non-hydrogen) atoms. The summed E-state index contributed by atoms with van der Waals surface area (Å²) in [6, 6.07) is 10.8. The number of hydrogen-bond donors (Lipinski definition) is 0. The van der Waals surface area contributed by atoms with E-state index in [1.54, 1.807) is 16.7 Å². The highest BCUT2D eigenvalue weighted by molar-refractivity contribution is 5.93. The van der Waals surface area contributed by atoms with Crippen LogP contribution in [0.1, 0.15) is 44.7 Å². The maximum atomic E-state index is 15.4. The molecular weight excluding hydrogens is 455 g/mol. The molecule has 1 aromatic heterocycles. The lowest BCUT2D eigenvalue weighted by atomic mass is 9.73. The number of halogens is 1. The normalized spacial score (nSPS) is 23.6. The van der Waals surface area contributed by atoms with Gasteiger partial charge in [-0.05, 0) is 70.8 Å². The van der Waals surface area contributed by atoms with Crippen molar-refractivity contribution in [2.45, 2.75) is 51.3 Å². The van der Waals surface area contributed by atoms with Crippen molar-refractivity contribution in [3.05, 3.63) is 63.8 Å². The predicted molar refractivity (Wildman–Crippen MR) is 139 cm³/mol. The molecule has 7 heteroatoms. The van der Waals surface area contributed by atoms with Gasteiger partial charge in [-0.25, -0.2) is 9.18 Å². The van der Waals surface area contributed by atoms with Gasteiger partial charge in [0.1, 0.15) is 5.82 Å². The Kier molecular flexibility index (Phi) is 5.26. The number of benzene rings is 2. The summed E-state index contributed by atoms with van der Waals surface area (Å²) in [7, 11) is 2.16. The van der Waals surface area contributed by atoms with E-state index in [1.165, 1.54) is 6.07 Å². The van der Waals surface area contributed by atoms with Crippen molar-refractivity contribution in [1.29, 1.82) is 0 Å². The first-order valence-corrected chi connectivity index (χ1v) is 12.6. The Labute approximate surface area is 210 Å². The van der Waals surface area contributed by atoms with Crippen LogP contribution < -0.4 is 10.6 Å². The van der Waals surface area contributed by atoms with Crippen LogP contribution in [0.4, 0.5) is 15.9 Å². The first kappa shape index (κ1) is 23.2. The van der Waals surface area contributed by atoms with Gasteiger partial charge in [0.15, 0.2) is 5.82 Å². The number of ether oxygens (including phenoxy) is 1. The van der Waals surface area contributed by atoms with Crippen molar-refractivity contribution in [3.8, 4) is 11.8 Å². The molecule has 0 N–H and O–H groups in total. The summed E-state index contributed by atoms with van der Waals surface area (Å²) in [6.45, 7) is 8.16. The lowest BCUT2D eigenvalue weighted by Gasteiger charge is -2.36. The van der Waals surface area contributed by atoms with Gasteiger partial charge in [-0.15, -0.1) is 0 Å². The van der Waals surface area contributed by atoms with E-state index in [9.17, 15) is 4.79 Å². The van der Waals surface area contributed by atoms with Crippen LogP contribution >= 0.6 is 0 Å². The van der Waals surface area contributed by atoms with Crippen LogP contribution in [0.3, 0.4) is 0 Å². The van der Waals surface area contributed by atoms with Crippen LogP contribution in [0.15, 0.2) is 41.2 Å². The number of hydrogen-bond acceptors (Lipinski definition) is 5. The molecule has 2 aromatic carbocycles. The topological polar surface area (TPSA) is 50.6 Å². The van der Waals surface area contributed by atoms with Gasteiger partial charge in [0.05, 0.1) is 29.7 Å². The zero-order valence-electron chi connectivity index (χ0n) is 21.3. The highest BCUT2D eigenvalue weighted by Crippen LogP contribution is 2.49. The summed E-state index contributed by atoms with van der Waals surface area (Å²) >= 11 is 0. The molecule has 3 aromatic rings. The van der Waals surface area contributed by atoms with Gasteiger partial charge in [0.2, 0.25) is 0 Å². The first-order chi connectivity index (χ1) is 17.2. The molecule has 0 atom stereocenters. The standard InChI is InChI=1S/C29H31FN4O2/c1-28(2,3)34-24-10-6-8-22(30)25(24)26(31-27(34)35)33-13-14-36-18-21-20(7-5-9-23(21)33)11-12-29-15-19(16-29)17-32(29)4/h5-10,19H,13-18H2,1-4H3. The monoisotopic (exact) mass is 486 g/mol. The summed E-state index contributed by atoms with van der Waals surface area (Å²) in [5.41, 5.74) is 2.27. The zero-order valence-corrected chi connectivity index (χ0v) is 21.3. The van der Waals surface area contributed by atoms with Crippen LogP contribution in [0.5, 0.6) is 0 Å². The first-order valence-electron chi connectivity index (χ1n) is 12.6. The maximum absolute atomic E-state index is 15.4. The van der Waals surface area contributed by atoms with Crippen LogP contribution in [0.25, 0.3) is 10.9 Å². The third-order valence-corrected chi connectivity index (χ3v) is 7.87. The molecular formula is C29H31FN4O2. The minimum atomic E-state index is -0.551. The van der Waals surface area contributed by atoms with E-state index in [1.807, 2.05) is 43.9 Å². The summed E-state index contributed by atoms with van der Waals surface area (Å²) < 4.78 is 22.9. The van der Waals surface area contributed by atoms with E-state index in [-0.39, 0.29) is 5.54 Å². The summed E-state index contributed by atoms with van der Waals surface area (Å²) in [4.78, 5) is 22.0. The van der Waals surface area contributed by atoms with Crippen LogP contribution in [0, 0.1) is 23.6 Å². The van der Waals surface area contributed by atoms with Crippen molar-refractivity contribution in [2.24, 2.45) is 5.92 Å². The number of rotatable bonds is 1. The largest absolute Gasteiger partial charge is 0.375 e. The Morgan fingerprint density at radius 3 is 2.67 bits per heavy atom. The molecule has 4 heterocycles. The second-order valence-corrected chi connectivity index (χ2v) is 11.3. The van der Waals surface area contributed by atoms with Gasteiger partial charge >= 0.3 is 5.69 Å². The Hall–Kier alpha value is -3.21. The van der Waals surface area contributed by atoms with E-state index >= 15 is 4.39 Å². The average Bonchev–Trinajstić information content (AvgIpc) is 3.17. The van der Waals surface area contributed by atoms with Crippen molar-refractivity contribution in [2.75, 3.05) is 31.6 Å². The fourth-order valence-corrected chi connectivity index (χ4v) is 6.11. The lowest BCUT2D eigenvalue weighted by molar-refractivity contribution is 0.133. The summed E-state index contributed by atoms with van der Waals surface area (Å²) in [5.74, 6) is 7.69. The van der Waals surface area contributed by atoms with E-state index in [2.05, 4.69) is 28.8 Å². The van der Waals surface area contributed by atoms with Gasteiger partial charge in [-0.2, -0.15) is 4.98 Å². The fourth-order valence-electron chi connectivity index (χ4n) is 6.11. The van der Waals surface area contributed by atoms with Crippen LogP contribution in [-0.4, -0.2) is 46.7 Å². The molecule has 186 valence electrons. The molecule has 3 fully saturated rings. The molecule has 7 rings (SSSR count). The van der Waals surface area contributed by atoms with Gasteiger partial charge < -0.3 is 9.64 Å². The fraction of sp³-hybridized carbons (Fsp3) is 0.448. The summed E-state index contributed by atoms with van der Waals surface area (Å²) in [6.07, 6.45) is 2.26. The number of anilines is 2. The predicted octanol–water partition coefficient (Wildman–Crippen LogP) is 4.40. The van der Waals surface area contributed by atoms with E-state index in [4.69, 9.17) is 4.74 Å². The van der Waals surface area contributed by atoms with Gasteiger partial charge in [0.25, 0.3) is 0 Å². The number of nitrogens with zero attached hydrogens (tertiary/aromatic N) is 4.